The Morgan fingerprint density at radius 2 is 1.62 bits per heavy atom. The first-order valence-electron chi connectivity index (χ1n) is 11.2. The molecule has 0 aromatic carbocycles. The van der Waals surface area contributed by atoms with Gasteiger partial charge in [0.2, 0.25) is 0 Å². The van der Waals surface area contributed by atoms with Gasteiger partial charge in [-0.25, -0.2) is 4.79 Å². The summed E-state index contributed by atoms with van der Waals surface area (Å²) in [5, 5.41) is -0.633. The predicted octanol–water partition coefficient (Wildman–Crippen LogP) is 4.84. The SMILES string of the molecule is CC(C)(C)[Si](C)(C)OC[C@@]1(C)O[C@@H](n2ccc(=O)[nH]c2=O)[C@H](Cl)C1O[Si](C)(C)C(C)(C)C. The molecule has 2 heterocycles. The fourth-order valence-corrected chi connectivity index (χ4v) is 6.11. The lowest BCUT2D eigenvalue weighted by Gasteiger charge is -2.44. The molecule has 0 saturated carbocycles. The van der Waals surface area contributed by atoms with E-state index in [9.17, 15) is 9.59 Å². The lowest BCUT2D eigenvalue weighted by atomic mass is 10.0. The summed E-state index contributed by atoms with van der Waals surface area (Å²) < 4.78 is 21.1. The molecule has 1 unspecified atom stereocenters. The Bertz CT molecular complexity index is 932. The largest absolute Gasteiger partial charge is 0.414 e. The third-order valence-electron chi connectivity index (χ3n) is 7.43. The van der Waals surface area contributed by atoms with Crippen LogP contribution in [0.4, 0.5) is 0 Å². The van der Waals surface area contributed by atoms with E-state index < -0.39 is 51.2 Å². The molecule has 1 aliphatic heterocycles. The molecule has 0 bridgehead atoms. The summed E-state index contributed by atoms with van der Waals surface area (Å²) in [6.07, 6.45) is 0.146. The maximum atomic E-state index is 12.5. The van der Waals surface area contributed by atoms with Gasteiger partial charge in [0.25, 0.3) is 5.56 Å². The molecule has 184 valence electrons. The number of alkyl halides is 1. The Kier molecular flexibility index (Phi) is 7.58. The van der Waals surface area contributed by atoms with Crippen LogP contribution < -0.4 is 11.2 Å². The van der Waals surface area contributed by atoms with E-state index in [1.165, 1.54) is 16.8 Å². The number of nitrogens with zero attached hydrogens (tertiary/aromatic N) is 1. The van der Waals surface area contributed by atoms with Gasteiger partial charge in [-0.1, -0.05) is 41.5 Å². The van der Waals surface area contributed by atoms with Gasteiger partial charge in [0, 0.05) is 12.3 Å². The molecule has 1 saturated heterocycles. The third-order valence-corrected chi connectivity index (χ3v) is 16.8. The summed E-state index contributed by atoms with van der Waals surface area (Å²) in [4.78, 5) is 26.3. The first-order chi connectivity index (χ1) is 14.2. The molecule has 1 aromatic heterocycles. The van der Waals surface area contributed by atoms with Crippen LogP contribution in [-0.4, -0.2) is 49.9 Å². The predicted molar refractivity (Wildman–Crippen MR) is 135 cm³/mol. The summed E-state index contributed by atoms with van der Waals surface area (Å²) in [6, 6.07) is 1.29. The monoisotopic (exact) mass is 504 g/mol. The standard InChI is InChI=1S/C22H41ClN2O5Si2/c1-20(2,3)31(8,9)28-14-22(7)17(30-32(10,11)21(4,5)6)16(23)18(29-22)25-13-12-15(26)24-19(25)27/h12-13,16-18H,14H2,1-11H3,(H,24,26,27)/t16-,17?,18-,22-/m1/s1. The zero-order chi connectivity index (χ0) is 24.9. The normalized spacial score (nSPS) is 27.7. The number of rotatable bonds is 6. The van der Waals surface area contributed by atoms with E-state index in [-0.39, 0.29) is 10.1 Å². The fraction of sp³-hybridized carbons (Fsp3) is 0.818. The highest BCUT2D eigenvalue weighted by Gasteiger charge is 2.57. The lowest BCUT2D eigenvalue weighted by Crippen LogP contribution is -2.55. The number of nitrogens with one attached hydrogen (secondary N) is 1. The second-order valence-electron chi connectivity index (χ2n) is 12.1. The summed E-state index contributed by atoms with van der Waals surface area (Å²) in [5.41, 5.74) is -1.89. The molecule has 10 heteroatoms. The van der Waals surface area contributed by atoms with E-state index in [0.29, 0.717) is 6.61 Å². The molecule has 0 aliphatic carbocycles. The Hall–Kier alpha value is -0.716. The van der Waals surface area contributed by atoms with Crippen LogP contribution in [0.3, 0.4) is 0 Å². The average molecular weight is 505 g/mol. The smallest absolute Gasteiger partial charge is 0.330 e. The maximum absolute atomic E-state index is 12.5. The molecule has 0 spiro atoms. The van der Waals surface area contributed by atoms with Crippen LogP contribution in [0, 0.1) is 0 Å². The van der Waals surface area contributed by atoms with Crippen LogP contribution in [0.5, 0.6) is 0 Å². The van der Waals surface area contributed by atoms with Gasteiger partial charge in [0.1, 0.15) is 11.0 Å². The van der Waals surface area contributed by atoms with Crippen molar-refractivity contribution < 1.29 is 13.6 Å². The number of hydrogen-bond donors (Lipinski definition) is 1. The topological polar surface area (TPSA) is 82.5 Å². The van der Waals surface area contributed by atoms with Crippen molar-refractivity contribution in [3.8, 4) is 0 Å². The Labute approximate surface area is 199 Å². The van der Waals surface area contributed by atoms with Gasteiger partial charge in [-0.15, -0.1) is 11.6 Å². The number of halogens is 1. The number of H-pyrrole nitrogens is 1. The van der Waals surface area contributed by atoms with Crippen molar-refractivity contribution >= 4 is 28.2 Å². The molecular weight excluding hydrogens is 464 g/mol. The number of aromatic nitrogens is 2. The van der Waals surface area contributed by atoms with E-state index in [2.05, 4.69) is 72.7 Å². The molecule has 2 rings (SSSR count). The second-order valence-corrected chi connectivity index (χ2v) is 22.2. The summed E-state index contributed by atoms with van der Waals surface area (Å²) in [6.45, 7) is 24.1. The van der Waals surface area contributed by atoms with E-state index in [4.69, 9.17) is 25.2 Å². The molecule has 1 N–H and O–H groups in total. The summed E-state index contributed by atoms with van der Waals surface area (Å²) in [7, 11) is -4.29. The minimum absolute atomic E-state index is 0.0300. The molecule has 1 fully saturated rings. The molecule has 0 radical (unpaired) electrons. The highest BCUT2D eigenvalue weighted by Crippen LogP contribution is 2.47. The molecule has 1 aliphatic rings. The third kappa shape index (κ3) is 5.50. The van der Waals surface area contributed by atoms with Gasteiger partial charge in [0.05, 0.1) is 12.7 Å². The molecule has 32 heavy (non-hydrogen) atoms. The van der Waals surface area contributed by atoms with Crippen molar-refractivity contribution in [2.24, 2.45) is 0 Å². The fourth-order valence-electron chi connectivity index (χ4n) is 3.07. The van der Waals surface area contributed by atoms with Gasteiger partial charge < -0.3 is 13.6 Å². The lowest BCUT2D eigenvalue weighted by molar-refractivity contribution is -0.111. The molecule has 4 atom stereocenters. The first kappa shape index (κ1) is 27.5. The van der Waals surface area contributed by atoms with Crippen molar-refractivity contribution in [3.05, 3.63) is 33.1 Å². The average Bonchev–Trinajstić information content (AvgIpc) is 2.83. The Balaban J connectivity index is 2.47. The number of ether oxygens (including phenoxy) is 1. The first-order valence-corrected chi connectivity index (χ1v) is 17.4. The second kappa shape index (κ2) is 8.81. The zero-order valence-corrected chi connectivity index (χ0v) is 24.2. The van der Waals surface area contributed by atoms with Crippen molar-refractivity contribution in [2.45, 2.75) is 108 Å². The van der Waals surface area contributed by atoms with E-state index >= 15 is 0 Å². The molecule has 1 aromatic rings. The van der Waals surface area contributed by atoms with Gasteiger partial charge in [0.15, 0.2) is 22.9 Å². The molecule has 0 amide bonds. The Morgan fingerprint density at radius 1 is 1.09 bits per heavy atom. The van der Waals surface area contributed by atoms with Gasteiger partial charge in [-0.3, -0.25) is 14.3 Å². The van der Waals surface area contributed by atoms with Gasteiger partial charge in [-0.2, -0.15) is 0 Å². The molecule has 7 nitrogen and oxygen atoms in total. The van der Waals surface area contributed by atoms with E-state index in [1.807, 2.05) is 6.92 Å². The molecular formula is C22H41ClN2O5Si2. The van der Waals surface area contributed by atoms with Gasteiger partial charge in [-0.05, 0) is 43.2 Å². The number of hydrogen-bond acceptors (Lipinski definition) is 5. The minimum atomic E-state index is -2.22. The van der Waals surface area contributed by atoms with E-state index in [1.54, 1.807) is 0 Å². The van der Waals surface area contributed by atoms with E-state index in [0.717, 1.165) is 0 Å². The quantitative estimate of drug-likeness (QED) is 0.442. The van der Waals surface area contributed by atoms with Crippen molar-refractivity contribution in [1.82, 2.24) is 9.55 Å². The number of aromatic amines is 1. The van der Waals surface area contributed by atoms with Crippen LogP contribution in [0.25, 0.3) is 0 Å². The zero-order valence-electron chi connectivity index (χ0n) is 21.5. The minimum Gasteiger partial charge on any atom is -0.414 e. The van der Waals surface area contributed by atoms with Crippen LogP contribution in [0.1, 0.15) is 54.7 Å². The van der Waals surface area contributed by atoms with Crippen LogP contribution >= 0.6 is 11.6 Å². The van der Waals surface area contributed by atoms with Crippen molar-refractivity contribution in [1.29, 1.82) is 0 Å². The van der Waals surface area contributed by atoms with Crippen LogP contribution in [0.2, 0.25) is 36.3 Å². The van der Waals surface area contributed by atoms with Crippen LogP contribution in [-0.2, 0) is 13.6 Å². The summed E-state index contributed by atoms with van der Waals surface area (Å²) >= 11 is 6.95. The van der Waals surface area contributed by atoms with Gasteiger partial charge >= 0.3 is 5.69 Å². The van der Waals surface area contributed by atoms with Crippen molar-refractivity contribution in [3.63, 3.8) is 0 Å². The highest BCUT2D eigenvalue weighted by molar-refractivity contribution is 6.74. The Morgan fingerprint density at radius 3 is 2.09 bits per heavy atom. The highest BCUT2D eigenvalue weighted by atomic mass is 35.5. The van der Waals surface area contributed by atoms with Crippen LogP contribution in [0.15, 0.2) is 21.9 Å². The summed E-state index contributed by atoms with van der Waals surface area (Å²) in [5.74, 6) is 0. The maximum Gasteiger partial charge on any atom is 0.330 e. The van der Waals surface area contributed by atoms with Crippen molar-refractivity contribution in [2.75, 3.05) is 6.61 Å².